The van der Waals surface area contributed by atoms with E-state index in [1.54, 1.807) is 0 Å². The smallest absolute Gasteiger partial charge is 0.0440 e. The molecule has 54 heavy (non-hydrogen) atoms. The zero-order chi connectivity index (χ0) is 35.3. The highest BCUT2D eigenvalue weighted by Crippen LogP contribution is 2.49. The number of rotatable bonds is 3. The van der Waals surface area contributed by atoms with Crippen LogP contribution >= 0.6 is 22.7 Å². The molecule has 0 aliphatic carbocycles. The lowest BCUT2D eigenvalue weighted by molar-refractivity contribution is 1.65. The maximum atomic E-state index is 2.48. The third-order valence-electron chi connectivity index (χ3n) is 11.4. The van der Waals surface area contributed by atoms with E-state index in [-0.39, 0.29) is 0 Å². The van der Waals surface area contributed by atoms with E-state index < -0.39 is 0 Å². The van der Waals surface area contributed by atoms with E-state index in [4.69, 9.17) is 0 Å². The molecule has 0 fully saturated rings. The lowest BCUT2D eigenvalue weighted by Gasteiger charge is -2.18. The van der Waals surface area contributed by atoms with Crippen LogP contribution in [0.3, 0.4) is 0 Å². The van der Waals surface area contributed by atoms with E-state index in [9.17, 15) is 0 Å². The van der Waals surface area contributed by atoms with Crippen molar-refractivity contribution in [3.63, 3.8) is 0 Å². The van der Waals surface area contributed by atoms with Crippen molar-refractivity contribution in [1.82, 2.24) is 0 Å². The van der Waals surface area contributed by atoms with Crippen LogP contribution in [-0.4, -0.2) is 0 Å². The van der Waals surface area contributed by atoms with E-state index in [1.807, 2.05) is 22.7 Å². The van der Waals surface area contributed by atoms with Crippen molar-refractivity contribution in [1.29, 1.82) is 0 Å². The third-order valence-corrected chi connectivity index (χ3v) is 13.9. The number of hydrogen-bond acceptors (Lipinski definition) is 2. The van der Waals surface area contributed by atoms with Crippen LogP contribution < -0.4 is 0 Å². The zero-order valence-corrected chi connectivity index (χ0v) is 30.8. The van der Waals surface area contributed by atoms with E-state index >= 15 is 0 Å². The number of fused-ring (bicyclic) bond motifs is 12. The molecule has 0 amide bonds. The van der Waals surface area contributed by atoms with Gasteiger partial charge in [-0.1, -0.05) is 158 Å². The van der Waals surface area contributed by atoms with Gasteiger partial charge in [0.25, 0.3) is 0 Å². The van der Waals surface area contributed by atoms with Crippen molar-refractivity contribution < 1.29 is 0 Å². The maximum absolute atomic E-state index is 2.48. The van der Waals surface area contributed by atoms with Crippen LogP contribution in [0, 0.1) is 0 Å². The van der Waals surface area contributed by atoms with Gasteiger partial charge in [-0.25, -0.2) is 0 Å². The SMILES string of the molecule is c1ccc2cc(-c3c4ccccc4c(-c4ccc(-c5cc6c(ccc7c8ccccc8sc76)c6c5sc5ccccc56)cc4)c4ccccc34)ccc2c1. The van der Waals surface area contributed by atoms with Gasteiger partial charge >= 0.3 is 0 Å². The van der Waals surface area contributed by atoms with Crippen LogP contribution in [0.4, 0.5) is 0 Å². The van der Waals surface area contributed by atoms with Crippen molar-refractivity contribution in [3.05, 3.63) is 182 Å². The van der Waals surface area contributed by atoms with Crippen LogP contribution in [0.2, 0.25) is 0 Å². The number of thiophene rings is 2. The van der Waals surface area contributed by atoms with E-state index in [1.165, 1.54) is 117 Å². The topological polar surface area (TPSA) is 0 Å². The summed E-state index contributed by atoms with van der Waals surface area (Å²) in [7, 11) is 0. The zero-order valence-electron chi connectivity index (χ0n) is 29.1. The van der Waals surface area contributed by atoms with Crippen molar-refractivity contribution in [3.8, 4) is 33.4 Å². The van der Waals surface area contributed by atoms with E-state index in [0.29, 0.717) is 0 Å². The Morgan fingerprint density at radius 3 is 1.48 bits per heavy atom. The maximum Gasteiger partial charge on any atom is 0.0440 e. The molecule has 0 aliphatic rings. The Balaban J connectivity index is 1.09. The Morgan fingerprint density at radius 1 is 0.278 bits per heavy atom. The molecule has 0 atom stereocenters. The minimum Gasteiger partial charge on any atom is -0.135 e. The lowest BCUT2D eigenvalue weighted by atomic mass is 9.85. The van der Waals surface area contributed by atoms with Gasteiger partial charge in [-0.05, 0) is 89.8 Å². The predicted molar refractivity (Wildman–Crippen MR) is 239 cm³/mol. The lowest BCUT2D eigenvalue weighted by Crippen LogP contribution is -1.91. The fraction of sp³-hybridized carbons (Fsp3) is 0. The quantitative estimate of drug-likeness (QED) is 0.160. The Hall–Kier alpha value is -6.32. The minimum atomic E-state index is 1.23. The van der Waals surface area contributed by atoms with Gasteiger partial charge in [-0.3, -0.25) is 0 Å². The molecule has 0 unspecified atom stereocenters. The van der Waals surface area contributed by atoms with Gasteiger partial charge in [0.1, 0.15) is 0 Å². The molecular weight excluding hydrogens is 689 g/mol. The minimum absolute atomic E-state index is 1.23. The molecule has 250 valence electrons. The number of hydrogen-bond donors (Lipinski definition) is 0. The second-order valence-corrected chi connectivity index (χ2v) is 16.4. The van der Waals surface area contributed by atoms with Gasteiger partial charge in [0.15, 0.2) is 0 Å². The highest BCUT2D eigenvalue weighted by atomic mass is 32.1. The molecule has 0 radical (unpaired) electrons. The standard InChI is InChI=1S/C52H30S2/c1-2-12-34-29-35(26-21-31(34)11-1)49-39-16-5-3-14-37(39)48(38-15-4-6-17-40(38)49)33-24-22-32(23-25-33)44-30-45-41(50-43-18-8-10-20-47(43)54-52(44)50)27-28-42-36-13-7-9-19-46(36)53-51(42)45/h1-30H. The Morgan fingerprint density at radius 2 is 0.778 bits per heavy atom. The van der Waals surface area contributed by atoms with E-state index in [2.05, 4.69) is 182 Å². The third kappa shape index (κ3) is 4.36. The van der Waals surface area contributed by atoms with E-state index in [0.717, 1.165) is 0 Å². The van der Waals surface area contributed by atoms with Gasteiger partial charge in [0.2, 0.25) is 0 Å². The summed E-state index contributed by atoms with van der Waals surface area (Å²) in [5, 5.41) is 15.7. The van der Waals surface area contributed by atoms with Gasteiger partial charge < -0.3 is 0 Å². The first-order valence-corrected chi connectivity index (χ1v) is 20.1. The molecule has 10 aromatic carbocycles. The monoisotopic (exact) mass is 718 g/mol. The Bertz CT molecular complexity index is 3430. The average molecular weight is 719 g/mol. The van der Waals surface area contributed by atoms with Crippen molar-refractivity contribution in [2.45, 2.75) is 0 Å². The first kappa shape index (κ1) is 30.2. The molecule has 0 saturated heterocycles. The number of benzene rings is 10. The summed E-state index contributed by atoms with van der Waals surface area (Å²) in [4.78, 5) is 0. The summed E-state index contributed by atoms with van der Waals surface area (Å²) in [6.45, 7) is 0. The highest BCUT2D eigenvalue weighted by molar-refractivity contribution is 7.27. The Labute approximate surface area is 319 Å². The molecule has 0 N–H and O–H groups in total. The summed E-state index contributed by atoms with van der Waals surface area (Å²) in [6, 6.07) is 67.8. The Kier molecular flexibility index (Phi) is 6.48. The fourth-order valence-corrected chi connectivity index (χ4v) is 11.5. The molecule has 12 rings (SSSR count). The van der Waals surface area contributed by atoms with Gasteiger partial charge in [0, 0.05) is 51.3 Å². The largest absolute Gasteiger partial charge is 0.135 e. The molecule has 12 aromatic rings. The van der Waals surface area contributed by atoms with Gasteiger partial charge in [-0.2, -0.15) is 0 Å². The van der Waals surface area contributed by atoms with Crippen LogP contribution in [-0.2, 0) is 0 Å². The van der Waals surface area contributed by atoms with Crippen molar-refractivity contribution >= 4 is 106 Å². The molecule has 2 heterocycles. The van der Waals surface area contributed by atoms with Gasteiger partial charge in [-0.15, -0.1) is 22.7 Å². The highest BCUT2D eigenvalue weighted by Gasteiger charge is 2.20. The molecule has 0 spiro atoms. The van der Waals surface area contributed by atoms with Crippen molar-refractivity contribution in [2.24, 2.45) is 0 Å². The van der Waals surface area contributed by atoms with Crippen LogP contribution in [0.25, 0.3) is 117 Å². The van der Waals surface area contributed by atoms with Crippen LogP contribution in [0.15, 0.2) is 182 Å². The second kappa shape index (κ2) is 11.6. The summed E-state index contributed by atoms with van der Waals surface area (Å²) < 4.78 is 5.40. The van der Waals surface area contributed by atoms with Crippen LogP contribution in [0.5, 0.6) is 0 Å². The molecular formula is C52H30S2. The molecule has 0 aliphatic heterocycles. The average Bonchev–Trinajstić information content (AvgIpc) is 3.82. The molecule has 2 aromatic heterocycles. The van der Waals surface area contributed by atoms with Crippen LogP contribution in [0.1, 0.15) is 0 Å². The summed E-state index contributed by atoms with van der Waals surface area (Å²) >= 11 is 3.83. The summed E-state index contributed by atoms with van der Waals surface area (Å²) in [6.07, 6.45) is 0. The normalized spacial score (nSPS) is 12.1. The van der Waals surface area contributed by atoms with Crippen molar-refractivity contribution in [2.75, 3.05) is 0 Å². The first-order valence-electron chi connectivity index (χ1n) is 18.5. The molecule has 2 heteroatoms. The summed E-state index contributed by atoms with van der Waals surface area (Å²) in [5.74, 6) is 0. The summed E-state index contributed by atoms with van der Waals surface area (Å²) in [5.41, 5.74) is 7.61. The fourth-order valence-electron chi connectivity index (χ4n) is 9.01. The first-order chi connectivity index (χ1) is 26.8. The molecule has 0 bridgehead atoms. The molecule has 0 nitrogen and oxygen atoms in total. The second-order valence-electron chi connectivity index (χ2n) is 14.3. The van der Waals surface area contributed by atoms with Gasteiger partial charge in [0.05, 0.1) is 0 Å². The predicted octanol–water partition coefficient (Wildman–Crippen LogP) is 16.0. The molecule has 0 saturated carbocycles.